The Hall–Kier alpha value is -3.07. The van der Waals surface area contributed by atoms with Crippen LogP contribution in [0.3, 0.4) is 0 Å². The van der Waals surface area contributed by atoms with Crippen molar-refractivity contribution in [3.63, 3.8) is 0 Å². The average molecular weight is 397 g/mol. The molecule has 27 heavy (non-hydrogen) atoms. The van der Waals surface area contributed by atoms with Crippen LogP contribution in [0.5, 0.6) is 5.75 Å². The quantitative estimate of drug-likeness (QED) is 0.673. The van der Waals surface area contributed by atoms with Gasteiger partial charge < -0.3 is 4.74 Å². The third-order valence-corrected chi connectivity index (χ3v) is 3.61. The molecule has 0 aliphatic carbocycles. The number of benzene rings is 2. The summed E-state index contributed by atoms with van der Waals surface area (Å²) in [5, 5.41) is 7.82. The first-order valence-corrected chi connectivity index (χ1v) is 7.97. The Kier molecular flexibility index (Phi) is 5.31. The minimum absolute atomic E-state index is 0.178. The average Bonchev–Trinajstić information content (AvgIpc) is 3.09. The first-order valence-electron chi connectivity index (χ1n) is 7.59. The molecule has 3 aromatic rings. The van der Waals surface area contributed by atoms with E-state index in [1.54, 1.807) is 35.4 Å². The molecule has 2 aromatic carbocycles. The number of halogens is 4. The van der Waals surface area contributed by atoms with Crippen LogP contribution in [0.25, 0.3) is 0 Å². The fourth-order valence-corrected chi connectivity index (χ4v) is 2.35. The molecule has 0 spiro atoms. The van der Waals surface area contributed by atoms with Crippen molar-refractivity contribution in [2.24, 2.45) is 0 Å². The predicted octanol–water partition coefficient (Wildman–Crippen LogP) is 4.31. The van der Waals surface area contributed by atoms with Gasteiger partial charge in [-0.2, -0.15) is 18.2 Å². The SMILES string of the molecule is O=C(Nc1n[nH]c(C(F)(F)F)n1)c1cccc(OCc2cccc(Cl)c2)c1. The zero-order valence-electron chi connectivity index (χ0n) is 13.5. The maximum absolute atomic E-state index is 12.5. The van der Waals surface area contributed by atoms with Gasteiger partial charge >= 0.3 is 6.18 Å². The van der Waals surface area contributed by atoms with Crippen molar-refractivity contribution < 1.29 is 22.7 Å². The smallest absolute Gasteiger partial charge is 0.451 e. The summed E-state index contributed by atoms with van der Waals surface area (Å²) < 4.78 is 43.1. The number of nitrogens with one attached hydrogen (secondary N) is 2. The Morgan fingerprint density at radius 3 is 2.67 bits per heavy atom. The molecule has 0 aliphatic heterocycles. The Labute approximate surface area is 156 Å². The molecule has 0 bridgehead atoms. The molecule has 10 heteroatoms. The second-order valence-corrected chi connectivity index (χ2v) is 5.84. The zero-order chi connectivity index (χ0) is 19.4. The number of H-pyrrole nitrogens is 1. The van der Waals surface area contributed by atoms with E-state index in [-0.39, 0.29) is 12.2 Å². The Morgan fingerprint density at radius 2 is 1.96 bits per heavy atom. The predicted molar refractivity (Wildman–Crippen MR) is 91.6 cm³/mol. The lowest BCUT2D eigenvalue weighted by Gasteiger charge is -2.08. The molecule has 1 aromatic heterocycles. The number of carbonyl (C=O) groups is 1. The van der Waals surface area contributed by atoms with E-state index in [0.29, 0.717) is 10.8 Å². The number of hydrogen-bond acceptors (Lipinski definition) is 4. The molecule has 0 saturated heterocycles. The van der Waals surface area contributed by atoms with Gasteiger partial charge in [-0.05, 0) is 35.9 Å². The van der Waals surface area contributed by atoms with E-state index in [2.05, 4.69) is 15.4 Å². The molecule has 0 atom stereocenters. The van der Waals surface area contributed by atoms with Gasteiger partial charge in [-0.3, -0.25) is 15.2 Å². The van der Waals surface area contributed by atoms with E-state index in [4.69, 9.17) is 16.3 Å². The van der Waals surface area contributed by atoms with Crippen molar-refractivity contribution in [3.8, 4) is 5.75 Å². The van der Waals surface area contributed by atoms with Crippen LogP contribution >= 0.6 is 11.6 Å². The number of anilines is 1. The summed E-state index contributed by atoms with van der Waals surface area (Å²) in [5.41, 5.74) is 1.02. The van der Waals surface area contributed by atoms with Crippen molar-refractivity contribution in [3.05, 3.63) is 70.5 Å². The van der Waals surface area contributed by atoms with Crippen molar-refractivity contribution in [2.75, 3.05) is 5.32 Å². The molecule has 0 radical (unpaired) electrons. The zero-order valence-corrected chi connectivity index (χ0v) is 14.3. The van der Waals surface area contributed by atoms with Crippen molar-refractivity contribution in [2.45, 2.75) is 12.8 Å². The third-order valence-electron chi connectivity index (χ3n) is 3.37. The molecule has 1 heterocycles. The largest absolute Gasteiger partial charge is 0.489 e. The van der Waals surface area contributed by atoms with Crippen molar-refractivity contribution in [1.82, 2.24) is 15.2 Å². The van der Waals surface area contributed by atoms with E-state index in [0.717, 1.165) is 5.56 Å². The first-order chi connectivity index (χ1) is 12.8. The van der Waals surface area contributed by atoms with Crippen LogP contribution < -0.4 is 10.1 Å². The number of rotatable bonds is 5. The maximum Gasteiger partial charge on any atom is 0.451 e. The van der Waals surface area contributed by atoms with E-state index in [1.807, 2.05) is 6.07 Å². The van der Waals surface area contributed by atoms with Crippen LogP contribution in [0.1, 0.15) is 21.7 Å². The van der Waals surface area contributed by atoms with Crippen LogP contribution in [0.4, 0.5) is 19.1 Å². The summed E-state index contributed by atoms with van der Waals surface area (Å²) in [4.78, 5) is 15.4. The Morgan fingerprint density at radius 1 is 1.19 bits per heavy atom. The number of alkyl halides is 3. The van der Waals surface area contributed by atoms with Crippen molar-refractivity contribution >= 4 is 23.5 Å². The number of carbonyl (C=O) groups excluding carboxylic acids is 1. The number of amides is 1. The molecule has 140 valence electrons. The fourth-order valence-electron chi connectivity index (χ4n) is 2.14. The van der Waals surface area contributed by atoms with Crippen LogP contribution in [-0.2, 0) is 12.8 Å². The molecule has 3 rings (SSSR count). The second-order valence-electron chi connectivity index (χ2n) is 5.41. The number of nitrogens with zero attached hydrogens (tertiary/aromatic N) is 2. The van der Waals surface area contributed by atoms with E-state index in [9.17, 15) is 18.0 Å². The highest BCUT2D eigenvalue weighted by Crippen LogP contribution is 2.26. The van der Waals surface area contributed by atoms with Gasteiger partial charge in [0.2, 0.25) is 11.8 Å². The monoisotopic (exact) mass is 396 g/mol. The van der Waals surface area contributed by atoms with E-state index in [1.165, 1.54) is 12.1 Å². The summed E-state index contributed by atoms with van der Waals surface area (Å²) in [7, 11) is 0. The molecule has 6 nitrogen and oxygen atoms in total. The summed E-state index contributed by atoms with van der Waals surface area (Å²) in [6.07, 6.45) is -4.68. The van der Waals surface area contributed by atoms with Gasteiger partial charge in [0.15, 0.2) is 0 Å². The van der Waals surface area contributed by atoms with E-state index < -0.39 is 23.9 Å². The lowest BCUT2D eigenvalue weighted by molar-refractivity contribution is -0.144. The number of aromatic nitrogens is 3. The summed E-state index contributed by atoms with van der Waals surface area (Å²) in [6.45, 7) is 0.238. The molecule has 2 N–H and O–H groups in total. The maximum atomic E-state index is 12.5. The van der Waals surface area contributed by atoms with Gasteiger partial charge in [-0.15, -0.1) is 5.10 Å². The lowest BCUT2D eigenvalue weighted by Crippen LogP contribution is -2.13. The second kappa shape index (κ2) is 7.67. The normalized spacial score (nSPS) is 11.3. The van der Waals surface area contributed by atoms with Gasteiger partial charge in [-0.25, -0.2) is 0 Å². The number of ether oxygens (including phenoxy) is 1. The summed E-state index contributed by atoms with van der Waals surface area (Å²) in [5.74, 6) is -2.03. The molecule has 0 saturated carbocycles. The van der Waals surface area contributed by atoms with Gasteiger partial charge in [0, 0.05) is 10.6 Å². The van der Waals surface area contributed by atoms with Crippen molar-refractivity contribution in [1.29, 1.82) is 0 Å². The minimum atomic E-state index is -4.68. The standard InChI is InChI=1S/C17H12ClF3N4O2/c18-12-5-1-3-10(7-12)9-27-13-6-2-4-11(8-13)14(26)22-16-23-15(24-25-16)17(19,20)21/h1-8H,9H2,(H2,22,23,24,25,26). The van der Waals surface area contributed by atoms with Gasteiger partial charge in [0.05, 0.1) is 0 Å². The highest BCUT2D eigenvalue weighted by molar-refractivity contribution is 6.30. The van der Waals surface area contributed by atoms with Gasteiger partial charge in [0.1, 0.15) is 12.4 Å². The number of hydrogen-bond donors (Lipinski definition) is 2. The molecular formula is C17H12ClF3N4O2. The first kappa shape index (κ1) is 18.7. The summed E-state index contributed by atoms with van der Waals surface area (Å²) in [6, 6.07) is 13.3. The highest BCUT2D eigenvalue weighted by atomic mass is 35.5. The van der Waals surface area contributed by atoms with Gasteiger partial charge in [-0.1, -0.05) is 29.8 Å². The van der Waals surface area contributed by atoms with Gasteiger partial charge in [0.25, 0.3) is 5.91 Å². The fraction of sp³-hybridized carbons (Fsp3) is 0.118. The third kappa shape index (κ3) is 4.98. The van der Waals surface area contributed by atoms with Crippen LogP contribution in [0.2, 0.25) is 5.02 Å². The van der Waals surface area contributed by atoms with Crippen LogP contribution in [0, 0.1) is 0 Å². The molecule has 1 amide bonds. The highest BCUT2D eigenvalue weighted by Gasteiger charge is 2.35. The van der Waals surface area contributed by atoms with Crippen LogP contribution in [0.15, 0.2) is 48.5 Å². The molecule has 0 unspecified atom stereocenters. The van der Waals surface area contributed by atoms with E-state index >= 15 is 0 Å². The number of aromatic amines is 1. The molecule has 0 aliphatic rings. The lowest BCUT2D eigenvalue weighted by atomic mass is 10.2. The Bertz CT molecular complexity index is 959. The Balaban J connectivity index is 1.65. The molecule has 0 fully saturated rings. The minimum Gasteiger partial charge on any atom is -0.489 e. The topological polar surface area (TPSA) is 79.9 Å². The molecular weight excluding hydrogens is 385 g/mol. The summed E-state index contributed by atoms with van der Waals surface area (Å²) >= 11 is 5.91. The van der Waals surface area contributed by atoms with Crippen LogP contribution in [-0.4, -0.2) is 21.1 Å².